The Morgan fingerprint density at radius 2 is 2.20 bits per heavy atom. The first-order chi connectivity index (χ1) is 9.26. The maximum atomic E-state index is 12.0. The molecular weight excluding hydrogens is 278 g/mol. The van der Waals surface area contributed by atoms with E-state index < -0.39 is 11.7 Å². The van der Waals surface area contributed by atoms with Gasteiger partial charge in [-0.1, -0.05) is 11.8 Å². The number of rotatable bonds is 2. The number of carbonyl (C=O) groups excluding carboxylic acids is 1. The van der Waals surface area contributed by atoms with Crippen LogP contribution >= 0.6 is 11.8 Å². The van der Waals surface area contributed by atoms with Gasteiger partial charge in [-0.25, -0.2) is 9.78 Å². The van der Waals surface area contributed by atoms with E-state index in [2.05, 4.69) is 4.98 Å². The molecule has 7 heteroatoms. The maximum absolute atomic E-state index is 12.0. The summed E-state index contributed by atoms with van der Waals surface area (Å²) in [5.74, 6) is 0. The molecule has 2 rings (SSSR count). The largest absolute Gasteiger partial charge is 0.444 e. The normalized spacial score (nSPS) is 23.1. The van der Waals surface area contributed by atoms with Gasteiger partial charge < -0.3 is 19.3 Å². The molecular formula is C13H21N3O3S. The third-order valence-corrected chi connectivity index (χ3v) is 4.29. The van der Waals surface area contributed by atoms with Crippen LogP contribution in [0.1, 0.15) is 20.8 Å². The molecule has 1 aliphatic rings. The zero-order valence-corrected chi connectivity index (χ0v) is 13.1. The number of likely N-dealkylation sites (tertiary alicyclic amines) is 1. The van der Waals surface area contributed by atoms with E-state index in [9.17, 15) is 9.90 Å². The smallest absolute Gasteiger partial charge is 0.410 e. The van der Waals surface area contributed by atoms with Crippen molar-refractivity contribution in [3.05, 3.63) is 12.4 Å². The Morgan fingerprint density at radius 1 is 1.50 bits per heavy atom. The number of carbonyl (C=O) groups is 1. The number of hydrogen-bond donors (Lipinski definition) is 1. The number of imidazole rings is 1. The van der Waals surface area contributed by atoms with Crippen molar-refractivity contribution in [1.29, 1.82) is 0 Å². The van der Waals surface area contributed by atoms with Crippen molar-refractivity contribution >= 4 is 17.9 Å². The molecule has 1 amide bonds. The molecule has 0 bridgehead atoms. The number of nitrogens with zero attached hydrogens (tertiary/aromatic N) is 3. The van der Waals surface area contributed by atoms with Gasteiger partial charge in [0.05, 0.1) is 17.9 Å². The highest BCUT2D eigenvalue weighted by Gasteiger charge is 2.37. The molecule has 1 aromatic heterocycles. The number of thioether (sulfide) groups is 1. The minimum atomic E-state index is -0.566. The second kappa shape index (κ2) is 5.65. The topological polar surface area (TPSA) is 67.6 Å². The fourth-order valence-electron chi connectivity index (χ4n) is 1.95. The molecule has 0 saturated carbocycles. The van der Waals surface area contributed by atoms with E-state index in [0.717, 1.165) is 5.16 Å². The van der Waals surface area contributed by atoms with E-state index >= 15 is 0 Å². The van der Waals surface area contributed by atoms with Crippen molar-refractivity contribution in [2.75, 3.05) is 13.1 Å². The predicted molar refractivity (Wildman–Crippen MR) is 76.7 cm³/mol. The Bertz CT molecular complexity index is 483. The van der Waals surface area contributed by atoms with E-state index in [1.54, 1.807) is 11.1 Å². The lowest BCUT2D eigenvalue weighted by atomic mass is 10.2. The summed E-state index contributed by atoms with van der Waals surface area (Å²) in [6, 6.07) is 0. The van der Waals surface area contributed by atoms with Gasteiger partial charge in [-0.15, -0.1) is 0 Å². The molecule has 1 saturated heterocycles. The van der Waals surface area contributed by atoms with Crippen molar-refractivity contribution in [1.82, 2.24) is 14.5 Å². The highest BCUT2D eigenvalue weighted by Crippen LogP contribution is 2.29. The Labute approximate surface area is 123 Å². The summed E-state index contributed by atoms with van der Waals surface area (Å²) in [6.45, 7) is 6.26. The van der Waals surface area contributed by atoms with Crippen molar-refractivity contribution in [2.45, 2.75) is 42.9 Å². The average molecular weight is 299 g/mol. The number of hydrogen-bond acceptors (Lipinski definition) is 5. The standard InChI is InChI=1S/C13H21N3O3S/c1-13(2,3)19-12(18)16-7-9(17)10(8-16)20-11-14-5-6-15(11)4/h5-6,9-10,17H,7-8H2,1-4H3/t9-,10-/m1/s1. The third-order valence-electron chi connectivity index (χ3n) is 2.92. The first kappa shape index (κ1) is 15.2. The Balaban J connectivity index is 1.95. The van der Waals surface area contributed by atoms with Crippen LogP contribution in [0.3, 0.4) is 0 Å². The number of amides is 1. The second-order valence-electron chi connectivity index (χ2n) is 5.93. The van der Waals surface area contributed by atoms with E-state index in [4.69, 9.17) is 4.74 Å². The summed E-state index contributed by atoms with van der Waals surface area (Å²) >= 11 is 1.48. The van der Waals surface area contributed by atoms with E-state index in [1.807, 2.05) is 38.6 Å². The fraction of sp³-hybridized carbons (Fsp3) is 0.692. The molecule has 0 radical (unpaired) electrons. The van der Waals surface area contributed by atoms with Crippen LogP contribution in [0.2, 0.25) is 0 Å². The third kappa shape index (κ3) is 3.67. The minimum absolute atomic E-state index is 0.0800. The van der Waals surface area contributed by atoms with Gasteiger partial charge in [0, 0.05) is 26.0 Å². The summed E-state index contributed by atoms with van der Waals surface area (Å²) < 4.78 is 7.22. The average Bonchev–Trinajstić information content (AvgIpc) is 2.86. The van der Waals surface area contributed by atoms with Crippen LogP contribution in [0.5, 0.6) is 0 Å². The van der Waals surface area contributed by atoms with Crippen LogP contribution in [-0.2, 0) is 11.8 Å². The van der Waals surface area contributed by atoms with Crippen molar-refractivity contribution in [2.24, 2.45) is 7.05 Å². The first-order valence-corrected chi connectivity index (χ1v) is 7.44. The molecule has 0 spiro atoms. The van der Waals surface area contributed by atoms with Crippen LogP contribution in [0.15, 0.2) is 17.6 Å². The number of β-amino-alcohol motifs (C(OH)–C–C–N with tert-alkyl or cyclic N) is 1. The highest BCUT2D eigenvalue weighted by molar-refractivity contribution is 7.99. The monoisotopic (exact) mass is 299 g/mol. The zero-order chi connectivity index (χ0) is 14.9. The molecule has 2 atom stereocenters. The SMILES string of the molecule is Cn1ccnc1S[C@@H]1CN(C(=O)OC(C)(C)C)C[C@H]1O. The van der Waals surface area contributed by atoms with Crippen LogP contribution in [-0.4, -0.2) is 55.7 Å². The molecule has 6 nitrogen and oxygen atoms in total. The molecule has 2 heterocycles. The van der Waals surface area contributed by atoms with Crippen LogP contribution < -0.4 is 0 Å². The first-order valence-electron chi connectivity index (χ1n) is 6.56. The fourth-order valence-corrected chi connectivity index (χ4v) is 3.07. The highest BCUT2D eigenvalue weighted by atomic mass is 32.2. The minimum Gasteiger partial charge on any atom is -0.444 e. The number of aliphatic hydroxyl groups is 1. The van der Waals surface area contributed by atoms with Crippen molar-refractivity contribution in [3.8, 4) is 0 Å². The lowest BCUT2D eigenvalue weighted by molar-refractivity contribution is 0.0270. The predicted octanol–water partition coefficient (Wildman–Crippen LogP) is 1.49. The number of aryl methyl sites for hydroxylation is 1. The van der Waals surface area contributed by atoms with Gasteiger partial charge in [0.2, 0.25) is 0 Å². The summed E-state index contributed by atoms with van der Waals surface area (Å²) in [4.78, 5) is 17.8. The molecule has 20 heavy (non-hydrogen) atoms. The van der Waals surface area contributed by atoms with Gasteiger partial charge in [-0.3, -0.25) is 0 Å². The summed E-state index contributed by atoms with van der Waals surface area (Å²) in [5, 5.41) is 10.8. The number of aliphatic hydroxyl groups excluding tert-OH is 1. The van der Waals surface area contributed by atoms with Gasteiger partial charge in [0.15, 0.2) is 5.16 Å². The molecule has 1 aromatic rings. The van der Waals surface area contributed by atoms with Gasteiger partial charge >= 0.3 is 6.09 Å². The van der Waals surface area contributed by atoms with E-state index in [-0.39, 0.29) is 11.3 Å². The summed E-state index contributed by atoms with van der Waals surface area (Å²) in [7, 11) is 1.91. The number of aromatic nitrogens is 2. The van der Waals surface area contributed by atoms with Crippen LogP contribution in [0.4, 0.5) is 4.79 Å². The quantitative estimate of drug-likeness (QED) is 0.896. The summed E-state index contributed by atoms with van der Waals surface area (Å²) in [5.41, 5.74) is -0.521. The second-order valence-corrected chi connectivity index (χ2v) is 7.14. The van der Waals surface area contributed by atoms with Crippen molar-refractivity contribution in [3.63, 3.8) is 0 Å². The van der Waals surface area contributed by atoms with Crippen LogP contribution in [0.25, 0.3) is 0 Å². The molecule has 0 aliphatic carbocycles. The van der Waals surface area contributed by atoms with Gasteiger partial charge in [0.25, 0.3) is 0 Å². The lowest BCUT2D eigenvalue weighted by Gasteiger charge is -2.24. The Morgan fingerprint density at radius 3 is 2.75 bits per heavy atom. The van der Waals surface area contributed by atoms with Crippen LogP contribution in [0, 0.1) is 0 Å². The number of ether oxygens (including phenoxy) is 1. The Hall–Kier alpha value is -1.21. The lowest BCUT2D eigenvalue weighted by Crippen LogP contribution is -2.35. The summed E-state index contributed by atoms with van der Waals surface area (Å²) in [6.07, 6.45) is 2.63. The molecule has 0 aromatic carbocycles. The van der Waals surface area contributed by atoms with Gasteiger partial charge in [-0.05, 0) is 20.8 Å². The molecule has 112 valence electrons. The molecule has 1 fully saturated rings. The van der Waals surface area contributed by atoms with Gasteiger partial charge in [0.1, 0.15) is 5.60 Å². The van der Waals surface area contributed by atoms with E-state index in [0.29, 0.717) is 13.1 Å². The molecule has 0 unspecified atom stereocenters. The zero-order valence-electron chi connectivity index (χ0n) is 12.2. The maximum Gasteiger partial charge on any atom is 0.410 e. The molecule has 1 aliphatic heterocycles. The van der Waals surface area contributed by atoms with Crippen molar-refractivity contribution < 1.29 is 14.6 Å². The van der Waals surface area contributed by atoms with Gasteiger partial charge in [-0.2, -0.15) is 0 Å². The molecule has 1 N–H and O–H groups in total. The van der Waals surface area contributed by atoms with E-state index in [1.165, 1.54) is 11.8 Å². The Kier molecular flexibility index (Phi) is 4.29.